The van der Waals surface area contributed by atoms with Gasteiger partial charge in [0.15, 0.2) is 5.16 Å². The van der Waals surface area contributed by atoms with Gasteiger partial charge in [-0.05, 0) is 51.3 Å². The molecule has 0 amide bonds. The quantitative estimate of drug-likeness (QED) is 0.408. The predicted octanol–water partition coefficient (Wildman–Crippen LogP) is 4.22. The summed E-state index contributed by atoms with van der Waals surface area (Å²) < 4.78 is 9.82. The third-order valence-corrected chi connectivity index (χ3v) is 6.70. The lowest BCUT2D eigenvalue weighted by molar-refractivity contribution is 0.412. The summed E-state index contributed by atoms with van der Waals surface area (Å²) in [6, 6.07) is 10.1. The number of benzene rings is 1. The lowest BCUT2D eigenvalue weighted by Crippen LogP contribution is -2.31. The van der Waals surface area contributed by atoms with E-state index in [2.05, 4.69) is 49.9 Å². The van der Waals surface area contributed by atoms with Gasteiger partial charge < -0.3 is 9.64 Å². The molecule has 32 heavy (non-hydrogen) atoms. The molecule has 3 aromatic heterocycles. The van der Waals surface area contributed by atoms with Gasteiger partial charge in [-0.25, -0.2) is 9.97 Å². The van der Waals surface area contributed by atoms with E-state index in [1.165, 1.54) is 19.3 Å². The molecule has 1 fully saturated rings. The van der Waals surface area contributed by atoms with Crippen molar-refractivity contribution in [1.29, 1.82) is 0 Å². The van der Waals surface area contributed by atoms with E-state index in [0.717, 1.165) is 58.5 Å². The van der Waals surface area contributed by atoms with E-state index < -0.39 is 0 Å². The topological polar surface area (TPSA) is 73.4 Å². The number of hydrogen-bond donors (Lipinski definition) is 0. The number of aryl methyl sites for hydroxylation is 2. The van der Waals surface area contributed by atoms with Crippen molar-refractivity contribution in [3.05, 3.63) is 53.6 Å². The third-order valence-electron chi connectivity index (χ3n) is 5.74. The Hall–Kier alpha value is -3.07. The summed E-state index contributed by atoms with van der Waals surface area (Å²) in [6.07, 6.45) is 5.67. The highest BCUT2D eigenvalue weighted by Crippen LogP contribution is 2.33. The van der Waals surface area contributed by atoms with Crippen LogP contribution in [-0.2, 0) is 5.75 Å². The number of para-hydroxylation sites is 2. The Morgan fingerprint density at radius 1 is 1.03 bits per heavy atom. The van der Waals surface area contributed by atoms with Crippen molar-refractivity contribution in [2.24, 2.45) is 0 Å². The molecule has 0 aliphatic carbocycles. The number of nitrogens with zero attached hydrogens (tertiary/aromatic N) is 7. The molecule has 4 heterocycles. The zero-order valence-corrected chi connectivity index (χ0v) is 19.5. The van der Waals surface area contributed by atoms with Gasteiger partial charge in [-0.1, -0.05) is 23.9 Å². The fraction of sp³-hybridized carbons (Fsp3) is 0.391. The monoisotopic (exact) mass is 449 g/mol. The van der Waals surface area contributed by atoms with Crippen molar-refractivity contribution in [2.75, 3.05) is 25.1 Å². The summed E-state index contributed by atoms with van der Waals surface area (Å²) in [4.78, 5) is 11.6. The van der Waals surface area contributed by atoms with Crippen LogP contribution in [0, 0.1) is 13.8 Å². The number of imidazole rings is 1. The van der Waals surface area contributed by atoms with Gasteiger partial charge in [0.2, 0.25) is 11.7 Å². The first-order valence-electron chi connectivity index (χ1n) is 10.9. The molecule has 166 valence electrons. The lowest BCUT2D eigenvalue weighted by atomic mass is 10.1. The second-order valence-corrected chi connectivity index (χ2v) is 9.01. The molecule has 0 unspecified atom stereocenters. The summed E-state index contributed by atoms with van der Waals surface area (Å²) in [7, 11) is 1.70. The molecule has 0 radical (unpaired) electrons. The van der Waals surface area contributed by atoms with Crippen LogP contribution in [0.4, 0.5) is 5.95 Å². The van der Waals surface area contributed by atoms with Gasteiger partial charge in [-0.2, -0.15) is 0 Å². The van der Waals surface area contributed by atoms with Gasteiger partial charge in [-0.15, -0.1) is 10.2 Å². The van der Waals surface area contributed by atoms with Crippen LogP contribution in [0.1, 0.15) is 36.3 Å². The van der Waals surface area contributed by atoms with Gasteiger partial charge in [0.25, 0.3) is 0 Å². The van der Waals surface area contributed by atoms with Crippen LogP contribution in [0.2, 0.25) is 0 Å². The number of aromatic nitrogens is 6. The van der Waals surface area contributed by atoms with Gasteiger partial charge in [0.05, 0.1) is 18.5 Å². The molecule has 4 aromatic rings. The number of hydrogen-bond acceptors (Lipinski definition) is 7. The van der Waals surface area contributed by atoms with Crippen LogP contribution in [0.3, 0.4) is 0 Å². The maximum Gasteiger partial charge on any atom is 0.234 e. The Bertz CT molecular complexity index is 1240. The van der Waals surface area contributed by atoms with Crippen LogP contribution in [0.25, 0.3) is 11.5 Å². The van der Waals surface area contributed by atoms with Crippen LogP contribution in [0.15, 0.2) is 41.7 Å². The van der Waals surface area contributed by atoms with Crippen molar-refractivity contribution in [3.63, 3.8) is 0 Å². The van der Waals surface area contributed by atoms with Crippen LogP contribution in [-0.4, -0.2) is 49.3 Å². The van der Waals surface area contributed by atoms with Crippen LogP contribution < -0.4 is 9.64 Å². The molecule has 1 aliphatic rings. The number of ether oxygens (including phenoxy) is 1. The van der Waals surface area contributed by atoms with E-state index in [1.54, 1.807) is 18.9 Å². The summed E-state index contributed by atoms with van der Waals surface area (Å²) in [5.74, 6) is 3.09. The minimum absolute atomic E-state index is 0.676. The first-order chi connectivity index (χ1) is 15.6. The van der Waals surface area contributed by atoms with Crippen molar-refractivity contribution in [3.8, 4) is 11.4 Å². The predicted molar refractivity (Wildman–Crippen MR) is 126 cm³/mol. The standard InChI is InChI=1S/C23H27N7OS/c1-16-13-17(2)29-14-18(25-21(29)24-16)15-32-23-27-26-22(28-11-7-4-8-12-28)30(23)19-9-5-6-10-20(19)31-3/h5-6,9-10,13-14H,4,7-8,11-12,15H2,1-3H3. The molecule has 0 saturated carbocycles. The van der Waals surface area contributed by atoms with Crippen molar-refractivity contribution < 1.29 is 4.74 Å². The first-order valence-corrected chi connectivity index (χ1v) is 11.9. The number of rotatable bonds is 6. The van der Waals surface area contributed by atoms with Crippen molar-refractivity contribution >= 4 is 23.5 Å². The smallest absolute Gasteiger partial charge is 0.234 e. The number of methoxy groups -OCH3 is 1. The van der Waals surface area contributed by atoms with Crippen molar-refractivity contribution in [2.45, 2.75) is 44.0 Å². The molecule has 1 aromatic carbocycles. The molecular weight excluding hydrogens is 422 g/mol. The lowest BCUT2D eigenvalue weighted by Gasteiger charge is -2.28. The van der Waals surface area contributed by atoms with E-state index in [-0.39, 0.29) is 0 Å². The maximum atomic E-state index is 5.67. The first kappa shape index (κ1) is 20.8. The summed E-state index contributed by atoms with van der Waals surface area (Å²) in [6.45, 7) is 6.06. The molecule has 0 spiro atoms. The highest BCUT2D eigenvalue weighted by molar-refractivity contribution is 7.98. The van der Waals surface area contributed by atoms with E-state index in [4.69, 9.17) is 9.72 Å². The fourth-order valence-corrected chi connectivity index (χ4v) is 5.03. The Morgan fingerprint density at radius 2 is 1.84 bits per heavy atom. The highest BCUT2D eigenvalue weighted by Gasteiger charge is 2.23. The molecule has 0 atom stereocenters. The Labute approximate surface area is 191 Å². The fourth-order valence-electron chi connectivity index (χ4n) is 4.21. The SMILES string of the molecule is COc1ccccc1-n1c(SCc2cn3c(C)cc(C)nc3n2)nnc1N1CCCCC1. The zero-order chi connectivity index (χ0) is 22.1. The molecule has 5 rings (SSSR count). The number of anilines is 1. The zero-order valence-electron chi connectivity index (χ0n) is 18.7. The third kappa shape index (κ3) is 3.92. The van der Waals surface area contributed by atoms with Gasteiger partial charge in [0, 0.05) is 36.4 Å². The van der Waals surface area contributed by atoms with E-state index in [1.807, 2.05) is 29.5 Å². The molecule has 8 nitrogen and oxygen atoms in total. The van der Waals surface area contributed by atoms with Gasteiger partial charge in [-0.3, -0.25) is 8.97 Å². The van der Waals surface area contributed by atoms with Crippen LogP contribution in [0.5, 0.6) is 5.75 Å². The van der Waals surface area contributed by atoms with E-state index >= 15 is 0 Å². The van der Waals surface area contributed by atoms with Gasteiger partial charge >= 0.3 is 0 Å². The summed E-state index contributed by atoms with van der Waals surface area (Å²) in [5.41, 5.74) is 4.01. The average Bonchev–Trinajstić information content (AvgIpc) is 3.42. The Morgan fingerprint density at radius 3 is 2.66 bits per heavy atom. The second-order valence-electron chi connectivity index (χ2n) is 8.07. The molecule has 0 bridgehead atoms. The van der Waals surface area contributed by atoms with E-state index in [9.17, 15) is 0 Å². The number of fused-ring (bicyclic) bond motifs is 1. The van der Waals surface area contributed by atoms with E-state index in [0.29, 0.717) is 5.75 Å². The summed E-state index contributed by atoms with van der Waals surface area (Å²) in [5, 5.41) is 10.00. The average molecular weight is 450 g/mol. The molecule has 1 aliphatic heterocycles. The second kappa shape index (κ2) is 8.82. The highest BCUT2D eigenvalue weighted by atomic mass is 32.2. The van der Waals surface area contributed by atoms with Crippen molar-refractivity contribution in [1.82, 2.24) is 29.1 Å². The normalized spacial score (nSPS) is 14.3. The Balaban J connectivity index is 1.50. The molecule has 0 N–H and O–H groups in total. The molecular formula is C23H27N7OS. The Kier molecular flexibility index (Phi) is 5.73. The molecule has 1 saturated heterocycles. The van der Waals surface area contributed by atoms with Gasteiger partial charge in [0.1, 0.15) is 5.75 Å². The number of piperidine rings is 1. The summed E-state index contributed by atoms with van der Waals surface area (Å²) >= 11 is 1.63. The van der Waals surface area contributed by atoms with Crippen LogP contribution >= 0.6 is 11.8 Å². The number of thioether (sulfide) groups is 1. The maximum absolute atomic E-state index is 5.67. The largest absolute Gasteiger partial charge is 0.495 e. The minimum Gasteiger partial charge on any atom is -0.495 e. The molecule has 9 heteroatoms. The minimum atomic E-state index is 0.676.